The monoisotopic (exact) mass is 349 g/mol. The SMILES string of the molecule is CC(C)NC(=O)CC(Br)C(=O)c1ccc(F)c(Cl)c1. The van der Waals surface area contributed by atoms with Crippen molar-refractivity contribution in [2.24, 2.45) is 0 Å². The number of rotatable bonds is 5. The molecule has 0 spiro atoms. The molecule has 0 aliphatic carbocycles. The quantitative estimate of drug-likeness (QED) is 0.654. The Morgan fingerprint density at radius 2 is 2.05 bits per heavy atom. The molecule has 1 rings (SSSR count). The maximum absolute atomic E-state index is 13.0. The summed E-state index contributed by atoms with van der Waals surface area (Å²) in [5.41, 5.74) is 0.269. The second-order valence-corrected chi connectivity index (χ2v) is 5.90. The van der Waals surface area contributed by atoms with Crippen LogP contribution in [0.3, 0.4) is 0 Å². The lowest BCUT2D eigenvalue weighted by Gasteiger charge is -2.12. The zero-order chi connectivity index (χ0) is 14.6. The van der Waals surface area contributed by atoms with Crippen LogP contribution in [0.25, 0.3) is 0 Å². The van der Waals surface area contributed by atoms with Crippen molar-refractivity contribution >= 4 is 39.2 Å². The summed E-state index contributed by atoms with van der Waals surface area (Å²) < 4.78 is 13.0. The Kier molecular flexibility index (Phi) is 5.94. The fraction of sp³-hybridized carbons (Fsp3) is 0.385. The summed E-state index contributed by atoms with van der Waals surface area (Å²) in [7, 11) is 0. The van der Waals surface area contributed by atoms with Gasteiger partial charge < -0.3 is 5.32 Å². The third kappa shape index (κ3) is 4.91. The molecule has 0 aromatic heterocycles. The molecular formula is C13H14BrClFNO2. The molecule has 1 aromatic carbocycles. The van der Waals surface area contributed by atoms with Gasteiger partial charge >= 0.3 is 0 Å². The van der Waals surface area contributed by atoms with E-state index in [1.807, 2.05) is 13.8 Å². The number of carbonyl (C=O) groups is 2. The van der Waals surface area contributed by atoms with Gasteiger partial charge in [0.05, 0.1) is 9.85 Å². The molecule has 1 N–H and O–H groups in total. The third-order valence-electron chi connectivity index (χ3n) is 2.30. The van der Waals surface area contributed by atoms with E-state index in [1.165, 1.54) is 12.1 Å². The number of ketones is 1. The minimum atomic E-state index is -0.659. The van der Waals surface area contributed by atoms with Crippen LogP contribution in [0.2, 0.25) is 5.02 Å². The molecule has 6 heteroatoms. The van der Waals surface area contributed by atoms with E-state index in [0.29, 0.717) is 0 Å². The minimum Gasteiger partial charge on any atom is -0.354 e. The van der Waals surface area contributed by atoms with E-state index in [-0.39, 0.29) is 34.7 Å². The van der Waals surface area contributed by atoms with Gasteiger partial charge in [0.1, 0.15) is 5.82 Å². The Labute approximate surface area is 124 Å². The van der Waals surface area contributed by atoms with Crippen molar-refractivity contribution in [3.63, 3.8) is 0 Å². The third-order valence-corrected chi connectivity index (χ3v) is 3.33. The zero-order valence-corrected chi connectivity index (χ0v) is 12.9. The standard InChI is InChI=1S/C13H14BrClFNO2/c1-7(2)17-12(18)6-9(14)13(19)8-3-4-11(16)10(15)5-8/h3-5,7,9H,6H2,1-2H3,(H,17,18). The fourth-order valence-corrected chi connectivity index (χ4v) is 2.21. The average Bonchev–Trinajstić information content (AvgIpc) is 2.30. The number of Topliss-reactive ketones (excluding diaryl/α,β-unsaturated/α-hetero) is 1. The molecule has 104 valence electrons. The highest BCUT2D eigenvalue weighted by atomic mass is 79.9. The summed E-state index contributed by atoms with van der Waals surface area (Å²) in [5.74, 6) is -1.11. The van der Waals surface area contributed by atoms with Gasteiger partial charge in [0.2, 0.25) is 5.91 Å². The molecule has 1 aromatic rings. The summed E-state index contributed by atoms with van der Waals surface area (Å²) in [6.07, 6.45) is 0.0199. The van der Waals surface area contributed by atoms with Gasteiger partial charge in [-0.1, -0.05) is 27.5 Å². The fourth-order valence-electron chi connectivity index (χ4n) is 1.47. The van der Waals surface area contributed by atoms with Crippen molar-refractivity contribution in [1.29, 1.82) is 0 Å². The number of hydrogen-bond donors (Lipinski definition) is 1. The smallest absolute Gasteiger partial charge is 0.221 e. The predicted molar refractivity (Wildman–Crippen MR) is 76.4 cm³/mol. The molecule has 0 heterocycles. The van der Waals surface area contributed by atoms with E-state index < -0.39 is 10.6 Å². The number of alkyl halides is 1. The first-order valence-electron chi connectivity index (χ1n) is 5.74. The summed E-state index contributed by atoms with van der Waals surface area (Å²) in [5, 5.41) is 2.58. The molecule has 0 bridgehead atoms. The molecular weight excluding hydrogens is 337 g/mol. The van der Waals surface area contributed by atoms with Crippen molar-refractivity contribution in [1.82, 2.24) is 5.32 Å². The highest BCUT2D eigenvalue weighted by Gasteiger charge is 2.21. The first-order valence-corrected chi connectivity index (χ1v) is 7.03. The van der Waals surface area contributed by atoms with Gasteiger partial charge in [0.25, 0.3) is 0 Å². The van der Waals surface area contributed by atoms with Crippen LogP contribution in [-0.2, 0) is 4.79 Å². The molecule has 1 atom stereocenters. The molecule has 19 heavy (non-hydrogen) atoms. The largest absolute Gasteiger partial charge is 0.354 e. The van der Waals surface area contributed by atoms with Crippen molar-refractivity contribution in [3.05, 3.63) is 34.6 Å². The Balaban J connectivity index is 2.71. The average molecular weight is 351 g/mol. The van der Waals surface area contributed by atoms with Crippen molar-refractivity contribution < 1.29 is 14.0 Å². The zero-order valence-electron chi connectivity index (χ0n) is 10.5. The number of hydrogen-bond acceptors (Lipinski definition) is 2. The molecule has 0 aliphatic heterocycles. The Morgan fingerprint density at radius 1 is 1.42 bits per heavy atom. The molecule has 0 radical (unpaired) electrons. The number of carbonyl (C=O) groups excluding carboxylic acids is 2. The second kappa shape index (κ2) is 7.01. The van der Waals surface area contributed by atoms with Crippen LogP contribution >= 0.6 is 27.5 Å². The van der Waals surface area contributed by atoms with Crippen LogP contribution in [-0.4, -0.2) is 22.6 Å². The maximum Gasteiger partial charge on any atom is 0.221 e. The molecule has 0 saturated heterocycles. The molecule has 0 saturated carbocycles. The molecule has 0 fully saturated rings. The van der Waals surface area contributed by atoms with Crippen molar-refractivity contribution in [2.75, 3.05) is 0 Å². The lowest BCUT2D eigenvalue weighted by molar-refractivity contribution is -0.121. The highest BCUT2D eigenvalue weighted by molar-refractivity contribution is 9.10. The lowest BCUT2D eigenvalue weighted by atomic mass is 10.1. The minimum absolute atomic E-state index is 0.0163. The summed E-state index contributed by atoms with van der Waals surface area (Å²) >= 11 is 8.78. The lowest BCUT2D eigenvalue weighted by Crippen LogP contribution is -2.33. The first kappa shape index (κ1) is 16.1. The van der Waals surface area contributed by atoms with E-state index in [0.717, 1.165) is 6.07 Å². The van der Waals surface area contributed by atoms with Crippen LogP contribution in [0.1, 0.15) is 30.6 Å². The number of benzene rings is 1. The molecule has 3 nitrogen and oxygen atoms in total. The van der Waals surface area contributed by atoms with Crippen LogP contribution in [0.15, 0.2) is 18.2 Å². The Hall–Kier alpha value is -0.940. The first-order chi connectivity index (χ1) is 8.81. The van der Waals surface area contributed by atoms with E-state index in [4.69, 9.17) is 11.6 Å². The summed E-state index contributed by atoms with van der Waals surface area (Å²) in [4.78, 5) is 22.9. The van der Waals surface area contributed by atoms with Gasteiger partial charge in [0, 0.05) is 18.0 Å². The van der Waals surface area contributed by atoms with Gasteiger partial charge in [-0.05, 0) is 32.0 Å². The summed E-state index contributed by atoms with van der Waals surface area (Å²) in [6, 6.07) is 3.75. The van der Waals surface area contributed by atoms with E-state index in [1.54, 1.807) is 0 Å². The van der Waals surface area contributed by atoms with Crippen LogP contribution in [0, 0.1) is 5.82 Å². The van der Waals surface area contributed by atoms with E-state index in [9.17, 15) is 14.0 Å². The van der Waals surface area contributed by atoms with Crippen LogP contribution in [0.4, 0.5) is 4.39 Å². The molecule has 1 unspecified atom stereocenters. The van der Waals surface area contributed by atoms with Crippen molar-refractivity contribution in [2.45, 2.75) is 31.1 Å². The number of halogens is 3. The Bertz CT molecular complexity index is 494. The Morgan fingerprint density at radius 3 is 2.58 bits per heavy atom. The number of amides is 1. The molecule has 0 aliphatic rings. The predicted octanol–water partition coefficient (Wildman–Crippen LogP) is 3.34. The maximum atomic E-state index is 13.0. The van der Waals surface area contributed by atoms with Gasteiger partial charge in [-0.2, -0.15) is 0 Å². The van der Waals surface area contributed by atoms with E-state index in [2.05, 4.69) is 21.2 Å². The van der Waals surface area contributed by atoms with Gasteiger partial charge in [-0.25, -0.2) is 4.39 Å². The van der Waals surface area contributed by atoms with Gasteiger partial charge in [0.15, 0.2) is 5.78 Å². The highest BCUT2D eigenvalue weighted by Crippen LogP contribution is 2.20. The van der Waals surface area contributed by atoms with Crippen molar-refractivity contribution in [3.8, 4) is 0 Å². The summed E-state index contributed by atoms with van der Waals surface area (Å²) in [6.45, 7) is 3.67. The van der Waals surface area contributed by atoms with Gasteiger partial charge in [-0.15, -0.1) is 0 Å². The normalized spacial score (nSPS) is 12.3. The van der Waals surface area contributed by atoms with E-state index >= 15 is 0 Å². The van der Waals surface area contributed by atoms with Gasteiger partial charge in [-0.3, -0.25) is 9.59 Å². The second-order valence-electron chi connectivity index (χ2n) is 4.39. The van der Waals surface area contributed by atoms with Crippen LogP contribution < -0.4 is 5.32 Å². The number of nitrogens with one attached hydrogen (secondary N) is 1. The topological polar surface area (TPSA) is 46.2 Å². The van der Waals surface area contributed by atoms with Crippen LogP contribution in [0.5, 0.6) is 0 Å². The molecule has 1 amide bonds.